The van der Waals surface area contributed by atoms with Crippen molar-refractivity contribution in [2.45, 2.75) is 0 Å². The number of thioether (sulfide) groups is 1. The third-order valence-corrected chi connectivity index (χ3v) is 3.49. The zero-order valence-corrected chi connectivity index (χ0v) is 12.4. The summed E-state index contributed by atoms with van der Waals surface area (Å²) in [6.45, 7) is 0. The van der Waals surface area contributed by atoms with Gasteiger partial charge in [0.05, 0.1) is 16.3 Å². The van der Waals surface area contributed by atoms with Crippen LogP contribution in [-0.4, -0.2) is 11.4 Å². The van der Waals surface area contributed by atoms with E-state index in [-0.39, 0.29) is 0 Å². The number of halogens is 2. The number of hydrogen-bond donors (Lipinski definition) is 1. The highest BCUT2D eigenvalue weighted by Crippen LogP contribution is 2.29. The molecule has 1 N–H and O–H groups in total. The van der Waals surface area contributed by atoms with Crippen LogP contribution in [0.5, 0.6) is 0 Å². The molecule has 1 rings (SSSR count). The number of hydrogen-bond acceptors (Lipinski definition) is 4. The lowest BCUT2D eigenvalue weighted by Crippen LogP contribution is -2.12. The van der Waals surface area contributed by atoms with E-state index in [1.807, 2.05) is 6.07 Å². The zero-order chi connectivity index (χ0) is 12.8. The van der Waals surface area contributed by atoms with Crippen LogP contribution in [0.2, 0.25) is 5.02 Å². The first-order chi connectivity index (χ1) is 8.12. The Morgan fingerprint density at radius 1 is 1.53 bits per heavy atom. The fourth-order valence-corrected chi connectivity index (χ4v) is 2.11. The van der Waals surface area contributed by atoms with Crippen LogP contribution in [0.4, 0.5) is 5.69 Å². The molecule has 0 unspecified atom stereocenters. The molecule has 0 aliphatic heterocycles. The van der Waals surface area contributed by atoms with Crippen molar-refractivity contribution < 1.29 is 0 Å². The van der Waals surface area contributed by atoms with E-state index in [1.54, 1.807) is 24.6 Å². The smallest absolute Gasteiger partial charge is 0.183 e. The molecule has 1 aromatic carbocycles. The first-order valence-corrected chi connectivity index (χ1v) is 6.97. The highest BCUT2D eigenvalue weighted by molar-refractivity contribution is 14.1. The minimum atomic E-state index is 0.351. The summed E-state index contributed by atoms with van der Waals surface area (Å²) in [6.07, 6.45) is 3.61. The standard InChI is InChI=1S/C10H6ClIN4S/c1-17-10(15-5-14)16-9-3-7(11)6(4-13)2-8(9)12/h2-3H,1H3,(H,15,16). The SMILES string of the molecule is CSC(=Nc1cc(Cl)c(C#N)cc1I)NC#N. The third kappa shape index (κ3) is 3.77. The van der Waals surface area contributed by atoms with Crippen LogP contribution >= 0.6 is 46.0 Å². The summed E-state index contributed by atoms with van der Waals surface area (Å²) in [5, 5.41) is 20.6. The Labute approximate surface area is 122 Å². The average Bonchev–Trinajstić information content (AvgIpc) is 2.32. The fourth-order valence-electron chi connectivity index (χ4n) is 0.990. The summed E-state index contributed by atoms with van der Waals surface area (Å²) in [5.41, 5.74) is 1.04. The number of nitriles is 2. The van der Waals surface area contributed by atoms with Crippen LogP contribution in [0.3, 0.4) is 0 Å². The van der Waals surface area contributed by atoms with Gasteiger partial charge < -0.3 is 0 Å². The van der Waals surface area contributed by atoms with Crippen molar-refractivity contribution in [2.75, 3.05) is 6.26 Å². The van der Waals surface area contributed by atoms with Gasteiger partial charge in [-0.3, -0.25) is 5.32 Å². The highest BCUT2D eigenvalue weighted by atomic mass is 127. The van der Waals surface area contributed by atoms with Crippen LogP contribution in [0.1, 0.15) is 5.56 Å². The molecule has 0 spiro atoms. The number of amidine groups is 1. The van der Waals surface area contributed by atoms with E-state index < -0.39 is 0 Å². The van der Waals surface area contributed by atoms with E-state index in [2.05, 4.69) is 32.9 Å². The Kier molecular flexibility index (Phi) is 5.56. The first-order valence-electron chi connectivity index (χ1n) is 4.29. The van der Waals surface area contributed by atoms with E-state index in [4.69, 9.17) is 22.1 Å². The molecule has 0 radical (unpaired) electrons. The van der Waals surface area contributed by atoms with E-state index in [9.17, 15) is 0 Å². The first kappa shape index (κ1) is 14.1. The molecular formula is C10H6ClIN4S. The topological polar surface area (TPSA) is 72.0 Å². The predicted octanol–water partition coefficient (Wildman–Crippen LogP) is 3.24. The quantitative estimate of drug-likeness (QED) is 0.268. The predicted molar refractivity (Wildman–Crippen MR) is 78.2 cm³/mol. The summed E-state index contributed by atoms with van der Waals surface area (Å²) in [7, 11) is 0. The summed E-state index contributed by atoms with van der Waals surface area (Å²) in [6, 6.07) is 5.26. The number of aliphatic imine (C=N–C) groups is 1. The Hall–Kier alpha value is -0.960. The van der Waals surface area contributed by atoms with Gasteiger partial charge in [-0.25, -0.2) is 4.99 Å². The van der Waals surface area contributed by atoms with E-state index in [1.165, 1.54) is 11.8 Å². The Morgan fingerprint density at radius 3 is 2.76 bits per heavy atom. The van der Waals surface area contributed by atoms with Gasteiger partial charge in [0, 0.05) is 3.57 Å². The molecule has 0 aliphatic rings. The van der Waals surface area contributed by atoms with Crippen molar-refractivity contribution >= 4 is 56.8 Å². The summed E-state index contributed by atoms with van der Waals surface area (Å²) >= 11 is 9.30. The molecule has 17 heavy (non-hydrogen) atoms. The number of benzene rings is 1. The van der Waals surface area contributed by atoms with Crippen LogP contribution in [0.15, 0.2) is 17.1 Å². The monoisotopic (exact) mass is 376 g/mol. The minimum absolute atomic E-state index is 0.351. The van der Waals surface area contributed by atoms with Gasteiger partial charge in [-0.05, 0) is 41.0 Å². The second kappa shape index (κ2) is 6.70. The molecule has 0 atom stereocenters. The molecule has 0 saturated heterocycles. The van der Waals surface area contributed by atoms with Crippen LogP contribution in [0, 0.1) is 26.4 Å². The average molecular weight is 377 g/mol. The third-order valence-electron chi connectivity index (χ3n) is 1.74. The lowest BCUT2D eigenvalue weighted by molar-refractivity contribution is 1.27. The molecule has 0 amide bonds. The summed E-state index contributed by atoms with van der Waals surface area (Å²) in [4.78, 5) is 4.25. The van der Waals surface area contributed by atoms with E-state index >= 15 is 0 Å². The van der Waals surface area contributed by atoms with E-state index in [0.29, 0.717) is 21.4 Å². The molecule has 0 heterocycles. The maximum Gasteiger partial charge on any atom is 0.183 e. The number of rotatable bonds is 1. The molecular weight excluding hydrogens is 371 g/mol. The summed E-state index contributed by atoms with van der Waals surface area (Å²) < 4.78 is 0.801. The van der Waals surface area contributed by atoms with Gasteiger partial charge in [-0.2, -0.15) is 10.5 Å². The van der Waals surface area contributed by atoms with Crippen molar-refractivity contribution in [1.82, 2.24) is 5.32 Å². The Bertz CT molecular complexity index is 544. The van der Waals surface area contributed by atoms with Crippen molar-refractivity contribution in [2.24, 2.45) is 4.99 Å². The minimum Gasteiger partial charge on any atom is -0.271 e. The molecule has 1 aromatic rings. The molecule has 7 heteroatoms. The maximum atomic E-state index is 8.81. The molecule has 0 saturated carbocycles. The Balaban J connectivity index is 3.21. The zero-order valence-electron chi connectivity index (χ0n) is 8.66. The number of nitrogens with one attached hydrogen (secondary N) is 1. The van der Waals surface area contributed by atoms with Crippen molar-refractivity contribution in [3.05, 3.63) is 26.3 Å². The second-order valence-electron chi connectivity index (χ2n) is 2.75. The summed E-state index contributed by atoms with van der Waals surface area (Å²) in [5.74, 6) is 0. The van der Waals surface area contributed by atoms with Crippen LogP contribution < -0.4 is 5.32 Å². The lowest BCUT2D eigenvalue weighted by Gasteiger charge is -2.04. The van der Waals surface area contributed by atoms with Gasteiger partial charge in [0.15, 0.2) is 11.4 Å². The molecule has 4 nitrogen and oxygen atoms in total. The largest absolute Gasteiger partial charge is 0.271 e. The van der Waals surface area contributed by atoms with Crippen molar-refractivity contribution in [3.63, 3.8) is 0 Å². The lowest BCUT2D eigenvalue weighted by atomic mass is 10.2. The molecule has 0 aromatic heterocycles. The van der Waals surface area contributed by atoms with Gasteiger partial charge in [0.2, 0.25) is 0 Å². The molecule has 0 aliphatic carbocycles. The van der Waals surface area contributed by atoms with Gasteiger partial charge in [-0.15, -0.1) is 0 Å². The van der Waals surface area contributed by atoms with E-state index in [0.717, 1.165) is 3.57 Å². The van der Waals surface area contributed by atoms with Gasteiger partial charge in [0.25, 0.3) is 0 Å². The van der Waals surface area contributed by atoms with Crippen LogP contribution in [-0.2, 0) is 0 Å². The van der Waals surface area contributed by atoms with Crippen molar-refractivity contribution in [1.29, 1.82) is 10.5 Å². The molecule has 0 bridgehead atoms. The van der Waals surface area contributed by atoms with Gasteiger partial charge >= 0.3 is 0 Å². The van der Waals surface area contributed by atoms with Gasteiger partial charge in [-0.1, -0.05) is 23.4 Å². The van der Waals surface area contributed by atoms with Gasteiger partial charge in [0.1, 0.15) is 6.07 Å². The molecule has 86 valence electrons. The molecule has 0 fully saturated rings. The second-order valence-corrected chi connectivity index (χ2v) is 5.12. The normalized spacial score (nSPS) is 10.5. The van der Waals surface area contributed by atoms with Crippen molar-refractivity contribution in [3.8, 4) is 12.3 Å². The van der Waals surface area contributed by atoms with Crippen LogP contribution in [0.25, 0.3) is 0 Å². The number of nitrogens with zero attached hydrogens (tertiary/aromatic N) is 3. The fraction of sp³-hybridized carbons (Fsp3) is 0.100. The maximum absolute atomic E-state index is 8.81. The highest BCUT2D eigenvalue weighted by Gasteiger charge is 2.07. The Morgan fingerprint density at radius 2 is 2.24 bits per heavy atom.